The van der Waals surface area contributed by atoms with Crippen molar-refractivity contribution in [1.29, 1.82) is 0 Å². The lowest BCUT2D eigenvalue weighted by molar-refractivity contribution is 0.177. The summed E-state index contributed by atoms with van der Waals surface area (Å²) in [5.74, 6) is 0.580. The maximum absolute atomic E-state index is 12.5. The molecular formula is C21H24N4O. The van der Waals surface area contributed by atoms with Crippen LogP contribution in [-0.4, -0.2) is 33.6 Å². The number of rotatable bonds is 3. The number of carbonyl (C=O) groups is 1. The minimum atomic E-state index is 0.000355. The van der Waals surface area contributed by atoms with Crippen LogP contribution in [0.25, 0.3) is 11.0 Å². The fraction of sp³-hybridized carbons (Fsp3) is 0.333. The van der Waals surface area contributed by atoms with Gasteiger partial charge in [0.15, 0.2) is 0 Å². The van der Waals surface area contributed by atoms with E-state index >= 15 is 0 Å². The van der Waals surface area contributed by atoms with E-state index in [1.54, 1.807) is 0 Å². The van der Waals surface area contributed by atoms with Gasteiger partial charge < -0.3 is 14.8 Å². The SMILES string of the molecule is Cc1ccc(NC(=O)N2CCC(Cn3cnc4ccccc43)CC2)cc1. The lowest BCUT2D eigenvalue weighted by atomic mass is 9.97. The molecule has 0 spiro atoms. The molecule has 5 heteroatoms. The number of aryl methyl sites for hydroxylation is 1. The predicted octanol–water partition coefficient (Wildman–Crippen LogP) is 4.29. The van der Waals surface area contributed by atoms with Gasteiger partial charge in [0.25, 0.3) is 0 Å². The van der Waals surface area contributed by atoms with Crippen LogP contribution < -0.4 is 5.32 Å². The molecule has 1 aliphatic rings. The third kappa shape index (κ3) is 3.57. The van der Waals surface area contributed by atoms with Gasteiger partial charge in [-0.25, -0.2) is 9.78 Å². The minimum absolute atomic E-state index is 0.000355. The number of amides is 2. The first-order chi connectivity index (χ1) is 12.7. The zero-order chi connectivity index (χ0) is 17.9. The van der Waals surface area contributed by atoms with Gasteiger partial charge in [-0.05, 0) is 49.9 Å². The van der Waals surface area contributed by atoms with Crippen molar-refractivity contribution in [3.05, 3.63) is 60.4 Å². The lowest BCUT2D eigenvalue weighted by Crippen LogP contribution is -2.41. The van der Waals surface area contributed by atoms with Crippen LogP contribution in [0, 0.1) is 12.8 Å². The van der Waals surface area contributed by atoms with Crippen LogP contribution in [0.2, 0.25) is 0 Å². The van der Waals surface area contributed by atoms with Gasteiger partial charge >= 0.3 is 6.03 Å². The Balaban J connectivity index is 1.32. The normalized spacial score (nSPS) is 15.3. The van der Waals surface area contributed by atoms with Crippen LogP contribution in [0.15, 0.2) is 54.9 Å². The first-order valence-electron chi connectivity index (χ1n) is 9.21. The summed E-state index contributed by atoms with van der Waals surface area (Å²) in [6.45, 7) is 4.61. The molecule has 5 nitrogen and oxygen atoms in total. The third-order valence-electron chi connectivity index (χ3n) is 5.19. The van der Waals surface area contributed by atoms with Crippen LogP contribution in [-0.2, 0) is 6.54 Å². The number of nitrogens with zero attached hydrogens (tertiary/aromatic N) is 3. The Morgan fingerprint density at radius 2 is 1.85 bits per heavy atom. The second-order valence-electron chi connectivity index (χ2n) is 7.11. The topological polar surface area (TPSA) is 50.2 Å². The summed E-state index contributed by atoms with van der Waals surface area (Å²) < 4.78 is 2.24. The summed E-state index contributed by atoms with van der Waals surface area (Å²) in [5, 5.41) is 3.00. The second kappa shape index (κ2) is 7.20. The highest BCUT2D eigenvalue weighted by Gasteiger charge is 2.23. The number of fused-ring (bicyclic) bond motifs is 1. The fourth-order valence-corrected chi connectivity index (χ4v) is 3.59. The molecule has 0 bridgehead atoms. The first-order valence-corrected chi connectivity index (χ1v) is 9.21. The number of carbonyl (C=O) groups excluding carboxylic acids is 1. The van der Waals surface area contributed by atoms with Crippen molar-refractivity contribution < 1.29 is 4.79 Å². The molecule has 0 atom stereocenters. The van der Waals surface area contributed by atoms with Gasteiger partial charge in [-0.3, -0.25) is 0 Å². The number of piperidine rings is 1. The van der Waals surface area contributed by atoms with Crippen LogP contribution in [0.3, 0.4) is 0 Å². The fourth-order valence-electron chi connectivity index (χ4n) is 3.59. The summed E-state index contributed by atoms with van der Waals surface area (Å²) in [6, 6.07) is 16.2. The molecule has 2 aromatic carbocycles. The quantitative estimate of drug-likeness (QED) is 0.768. The standard InChI is InChI=1S/C21H24N4O/c1-16-6-8-18(9-7-16)23-21(26)24-12-10-17(11-13-24)14-25-15-22-19-4-2-3-5-20(19)25/h2-9,15,17H,10-14H2,1H3,(H,23,26). The number of hydrogen-bond acceptors (Lipinski definition) is 2. The number of aromatic nitrogens is 2. The van der Waals surface area contributed by atoms with Crippen LogP contribution in [0.4, 0.5) is 10.5 Å². The molecule has 1 saturated heterocycles. The van der Waals surface area contributed by atoms with Crippen molar-refractivity contribution in [2.24, 2.45) is 5.92 Å². The van der Waals surface area contributed by atoms with E-state index in [1.807, 2.05) is 54.5 Å². The van der Waals surface area contributed by atoms with Crippen molar-refractivity contribution in [1.82, 2.24) is 14.5 Å². The Morgan fingerprint density at radius 1 is 1.12 bits per heavy atom. The van der Waals surface area contributed by atoms with E-state index in [1.165, 1.54) is 11.1 Å². The number of benzene rings is 2. The number of urea groups is 1. The average Bonchev–Trinajstić information content (AvgIpc) is 3.07. The number of anilines is 1. The van der Waals surface area contributed by atoms with Crippen molar-refractivity contribution in [2.75, 3.05) is 18.4 Å². The highest BCUT2D eigenvalue weighted by Crippen LogP contribution is 2.22. The van der Waals surface area contributed by atoms with Gasteiger partial charge in [0.05, 0.1) is 17.4 Å². The van der Waals surface area contributed by atoms with Gasteiger partial charge in [-0.2, -0.15) is 0 Å². The van der Waals surface area contributed by atoms with Crippen molar-refractivity contribution in [2.45, 2.75) is 26.3 Å². The van der Waals surface area contributed by atoms with E-state index in [0.717, 1.165) is 43.7 Å². The maximum Gasteiger partial charge on any atom is 0.321 e. The van der Waals surface area contributed by atoms with E-state index in [0.29, 0.717) is 5.92 Å². The van der Waals surface area contributed by atoms with Crippen molar-refractivity contribution in [3.8, 4) is 0 Å². The Kier molecular flexibility index (Phi) is 4.61. The summed E-state index contributed by atoms with van der Waals surface area (Å²) in [6.07, 6.45) is 3.97. The Hall–Kier alpha value is -2.82. The Morgan fingerprint density at radius 3 is 2.62 bits per heavy atom. The summed E-state index contributed by atoms with van der Waals surface area (Å²) >= 11 is 0. The van der Waals surface area contributed by atoms with Crippen LogP contribution in [0.1, 0.15) is 18.4 Å². The Bertz CT molecular complexity index is 892. The molecule has 26 heavy (non-hydrogen) atoms. The van der Waals surface area contributed by atoms with Gasteiger partial charge in [0.1, 0.15) is 0 Å². The van der Waals surface area contributed by atoms with E-state index in [9.17, 15) is 4.79 Å². The Labute approximate surface area is 153 Å². The lowest BCUT2D eigenvalue weighted by Gasteiger charge is -2.32. The van der Waals surface area contributed by atoms with E-state index in [-0.39, 0.29) is 6.03 Å². The summed E-state index contributed by atoms with van der Waals surface area (Å²) in [4.78, 5) is 18.8. The summed E-state index contributed by atoms with van der Waals surface area (Å²) in [7, 11) is 0. The molecule has 4 rings (SSSR count). The molecule has 1 fully saturated rings. The molecule has 1 N–H and O–H groups in total. The zero-order valence-electron chi connectivity index (χ0n) is 15.1. The third-order valence-corrected chi connectivity index (χ3v) is 5.19. The maximum atomic E-state index is 12.5. The molecule has 0 saturated carbocycles. The second-order valence-corrected chi connectivity index (χ2v) is 7.11. The van der Waals surface area contributed by atoms with Crippen molar-refractivity contribution >= 4 is 22.8 Å². The number of likely N-dealkylation sites (tertiary alicyclic amines) is 1. The molecule has 2 amide bonds. The molecule has 1 aromatic heterocycles. The minimum Gasteiger partial charge on any atom is -0.330 e. The molecule has 0 aliphatic carbocycles. The van der Waals surface area contributed by atoms with Gasteiger partial charge in [0.2, 0.25) is 0 Å². The van der Waals surface area contributed by atoms with E-state index in [4.69, 9.17) is 0 Å². The predicted molar refractivity (Wildman–Crippen MR) is 104 cm³/mol. The van der Waals surface area contributed by atoms with Gasteiger partial charge in [-0.1, -0.05) is 29.8 Å². The number of para-hydroxylation sites is 2. The zero-order valence-corrected chi connectivity index (χ0v) is 15.1. The largest absolute Gasteiger partial charge is 0.330 e. The molecule has 2 heterocycles. The smallest absolute Gasteiger partial charge is 0.321 e. The van der Waals surface area contributed by atoms with Gasteiger partial charge in [0, 0.05) is 25.3 Å². The van der Waals surface area contributed by atoms with E-state index < -0.39 is 0 Å². The highest BCUT2D eigenvalue weighted by atomic mass is 16.2. The van der Waals surface area contributed by atoms with Crippen LogP contribution in [0.5, 0.6) is 0 Å². The average molecular weight is 348 g/mol. The summed E-state index contributed by atoms with van der Waals surface area (Å²) in [5.41, 5.74) is 4.28. The molecule has 3 aromatic rings. The van der Waals surface area contributed by atoms with Gasteiger partial charge in [-0.15, -0.1) is 0 Å². The molecule has 1 aliphatic heterocycles. The number of hydrogen-bond donors (Lipinski definition) is 1. The van der Waals surface area contributed by atoms with Crippen LogP contribution >= 0.6 is 0 Å². The highest BCUT2D eigenvalue weighted by molar-refractivity contribution is 5.89. The van der Waals surface area contributed by atoms with Crippen molar-refractivity contribution in [3.63, 3.8) is 0 Å². The monoisotopic (exact) mass is 348 g/mol. The molecule has 134 valence electrons. The number of nitrogens with one attached hydrogen (secondary N) is 1. The van der Waals surface area contributed by atoms with E-state index in [2.05, 4.69) is 27.0 Å². The first kappa shape index (κ1) is 16.6. The molecular weight excluding hydrogens is 324 g/mol. The molecule has 0 unspecified atom stereocenters. The number of imidazole rings is 1. The molecule has 0 radical (unpaired) electrons.